The Labute approximate surface area is 83.1 Å². The van der Waals surface area contributed by atoms with Crippen LogP contribution in [0.5, 0.6) is 0 Å². The van der Waals surface area contributed by atoms with Gasteiger partial charge in [0.15, 0.2) is 0 Å². The molecule has 2 aliphatic rings. The van der Waals surface area contributed by atoms with Gasteiger partial charge in [-0.05, 0) is 25.7 Å². The zero-order chi connectivity index (χ0) is 10.2. The summed E-state index contributed by atoms with van der Waals surface area (Å²) in [6.07, 6.45) is 2.60. The molecule has 1 aliphatic carbocycles. The molecule has 4 nitrogen and oxygen atoms in total. The summed E-state index contributed by atoms with van der Waals surface area (Å²) in [6.45, 7) is 1.01. The summed E-state index contributed by atoms with van der Waals surface area (Å²) in [7, 11) is 0. The molecule has 0 bridgehead atoms. The van der Waals surface area contributed by atoms with Crippen LogP contribution in [0.2, 0.25) is 0 Å². The van der Waals surface area contributed by atoms with Crippen molar-refractivity contribution in [3.63, 3.8) is 0 Å². The highest BCUT2D eigenvalue weighted by molar-refractivity contribution is 5.86. The van der Waals surface area contributed by atoms with Gasteiger partial charge in [-0.15, -0.1) is 0 Å². The summed E-state index contributed by atoms with van der Waals surface area (Å²) in [4.78, 5) is 13.6. The molecule has 76 valence electrons. The highest BCUT2D eigenvalue weighted by atomic mass is 16.3. The number of nitrogens with zero attached hydrogens (tertiary/aromatic N) is 2. The van der Waals surface area contributed by atoms with Crippen LogP contribution in [0.4, 0.5) is 0 Å². The van der Waals surface area contributed by atoms with E-state index in [1.165, 1.54) is 0 Å². The van der Waals surface area contributed by atoms with Gasteiger partial charge in [0, 0.05) is 13.1 Å². The molecule has 0 aromatic heterocycles. The fourth-order valence-electron chi connectivity index (χ4n) is 2.13. The average Bonchev–Trinajstić information content (AvgIpc) is 2.50. The molecule has 2 fully saturated rings. The second kappa shape index (κ2) is 3.25. The molecule has 1 saturated carbocycles. The molecular formula is C10H14N2O2. The molecule has 1 amide bonds. The first-order valence-corrected chi connectivity index (χ1v) is 5.07. The maximum absolute atomic E-state index is 11.9. The summed E-state index contributed by atoms with van der Waals surface area (Å²) in [6, 6.07) is 2.13. The van der Waals surface area contributed by atoms with Gasteiger partial charge in [-0.1, -0.05) is 0 Å². The number of nitriles is 1. The number of hydrogen-bond acceptors (Lipinski definition) is 3. The van der Waals surface area contributed by atoms with Crippen LogP contribution in [0.3, 0.4) is 0 Å². The predicted octanol–water partition coefficient (Wildman–Crippen LogP) is 0.273. The Hall–Kier alpha value is -1.08. The summed E-state index contributed by atoms with van der Waals surface area (Å²) >= 11 is 0. The van der Waals surface area contributed by atoms with E-state index in [0.717, 1.165) is 6.42 Å². The molecule has 0 unspecified atom stereocenters. The lowest BCUT2D eigenvalue weighted by Gasteiger charge is -2.36. The molecule has 0 aromatic rings. The van der Waals surface area contributed by atoms with E-state index in [0.29, 0.717) is 32.4 Å². The number of aliphatic hydroxyl groups excluding tert-OH is 1. The second-order valence-electron chi connectivity index (χ2n) is 4.24. The van der Waals surface area contributed by atoms with E-state index in [1.807, 2.05) is 0 Å². The maximum Gasteiger partial charge on any atom is 0.243 e. The third-order valence-electron chi connectivity index (χ3n) is 3.28. The predicted molar refractivity (Wildman–Crippen MR) is 49.1 cm³/mol. The molecule has 1 atom stereocenters. The van der Waals surface area contributed by atoms with Gasteiger partial charge >= 0.3 is 0 Å². The van der Waals surface area contributed by atoms with Crippen molar-refractivity contribution in [1.29, 1.82) is 5.26 Å². The van der Waals surface area contributed by atoms with Crippen molar-refractivity contribution in [3.05, 3.63) is 0 Å². The van der Waals surface area contributed by atoms with Gasteiger partial charge in [0.25, 0.3) is 0 Å². The van der Waals surface area contributed by atoms with Gasteiger partial charge in [-0.25, -0.2) is 0 Å². The lowest BCUT2D eigenvalue weighted by molar-refractivity contribution is -0.142. The van der Waals surface area contributed by atoms with Crippen molar-refractivity contribution in [2.24, 2.45) is 5.41 Å². The molecule has 4 heteroatoms. The molecule has 1 N–H and O–H groups in total. The number of amides is 1. The molecule has 0 aromatic carbocycles. The van der Waals surface area contributed by atoms with Gasteiger partial charge in [0.1, 0.15) is 5.41 Å². The molecule has 2 rings (SSSR count). The first-order valence-electron chi connectivity index (χ1n) is 5.07. The third kappa shape index (κ3) is 1.28. The fourth-order valence-corrected chi connectivity index (χ4v) is 2.13. The minimum Gasteiger partial charge on any atom is -0.391 e. The van der Waals surface area contributed by atoms with Crippen LogP contribution < -0.4 is 0 Å². The molecule has 0 radical (unpaired) electrons. The maximum atomic E-state index is 11.9. The minimum atomic E-state index is -0.746. The van der Waals surface area contributed by atoms with Crippen molar-refractivity contribution >= 4 is 5.91 Å². The highest BCUT2D eigenvalue weighted by Crippen LogP contribution is 2.42. The molecule has 1 saturated heterocycles. The zero-order valence-corrected chi connectivity index (χ0v) is 8.07. The van der Waals surface area contributed by atoms with E-state index in [-0.39, 0.29) is 5.91 Å². The number of hydrogen-bond donors (Lipinski definition) is 1. The van der Waals surface area contributed by atoms with Crippen molar-refractivity contribution in [3.8, 4) is 6.07 Å². The number of carbonyl (C=O) groups is 1. The number of carbonyl (C=O) groups excluding carboxylic acids is 1. The van der Waals surface area contributed by atoms with E-state index in [9.17, 15) is 9.90 Å². The Morgan fingerprint density at radius 2 is 2.29 bits per heavy atom. The SMILES string of the molecule is N#CC1(C(=O)N2CC[C@H](O)C2)CCC1. The topological polar surface area (TPSA) is 64.3 Å². The van der Waals surface area contributed by atoms with Crippen LogP contribution >= 0.6 is 0 Å². The number of aliphatic hydroxyl groups is 1. The van der Waals surface area contributed by atoms with Gasteiger partial charge in [0.2, 0.25) is 5.91 Å². The fraction of sp³-hybridized carbons (Fsp3) is 0.800. The van der Waals surface area contributed by atoms with Gasteiger partial charge < -0.3 is 10.0 Å². The van der Waals surface area contributed by atoms with Crippen LogP contribution in [0.1, 0.15) is 25.7 Å². The largest absolute Gasteiger partial charge is 0.391 e. The summed E-state index contributed by atoms with van der Waals surface area (Å²) in [5.41, 5.74) is -0.746. The minimum absolute atomic E-state index is 0.0669. The van der Waals surface area contributed by atoms with Crippen LogP contribution in [0.25, 0.3) is 0 Å². The van der Waals surface area contributed by atoms with Crippen LogP contribution in [0, 0.1) is 16.7 Å². The van der Waals surface area contributed by atoms with E-state index in [4.69, 9.17) is 5.26 Å². The third-order valence-corrected chi connectivity index (χ3v) is 3.28. The molecule has 1 heterocycles. The number of rotatable bonds is 1. The number of likely N-dealkylation sites (tertiary alicyclic amines) is 1. The van der Waals surface area contributed by atoms with Gasteiger partial charge in [0.05, 0.1) is 12.2 Å². The van der Waals surface area contributed by atoms with E-state index in [2.05, 4.69) is 6.07 Å². The van der Waals surface area contributed by atoms with E-state index >= 15 is 0 Å². The Morgan fingerprint density at radius 1 is 1.57 bits per heavy atom. The Morgan fingerprint density at radius 3 is 2.64 bits per heavy atom. The van der Waals surface area contributed by atoms with Crippen LogP contribution in [-0.2, 0) is 4.79 Å². The zero-order valence-electron chi connectivity index (χ0n) is 8.07. The van der Waals surface area contributed by atoms with Gasteiger partial charge in [-0.3, -0.25) is 4.79 Å². The van der Waals surface area contributed by atoms with E-state index in [1.54, 1.807) is 4.90 Å². The number of β-amino-alcohol motifs (C(OH)–C–C–N with tert-alkyl or cyclic N) is 1. The van der Waals surface area contributed by atoms with Crippen LogP contribution in [0.15, 0.2) is 0 Å². The van der Waals surface area contributed by atoms with Gasteiger partial charge in [-0.2, -0.15) is 5.26 Å². The quantitative estimate of drug-likeness (QED) is 0.651. The lowest BCUT2D eigenvalue weighted by Crippen LogP contribution is -2.46. The first kappa shape index (κ1) is 9.47. The lowest BCUT2D eigenvalue weighted by atomic mass is 9.69. The summed E-state index contributed by atoms with van der Waals surface area (Å²) < 4.78 is 0. The molecule has 0 spiro atoms. The van der Waals surface area contributed by atoms with Crippen molar-refractivity contribution < 1.29 is 9.90 Å². The first-order chi connectivity index (χ1) is 6.68. The second-order valence-corrected chi connectivity index (χ2v) is 4.24. The molecular weight excluding hydrogens is 180 g/mol. The monoisotopic (exact) mass is 194 g/mol. The van der Waals surface area contributed by atoms with Crippen molar-refractivity contribution in [2.45, 2.75) is 31.8 Å². The Balaban J connectivity index is 2.05. The van der Waals surface area contributed by atoms with Crippen LogP contribution in [-0.4, -0.2) is 35.1 Å². The average molecular weight is 194 g/mol. The Kier molecular flexibility index (Phi) is 2.20. The molecule has 1 aliphatic heterocycles. The summed E-state index contributed by atoms with van der Waals surface area (Å²) in [5, 5.41) is 18.3. The normalized spacial score (nSPS) is 29.4. The standard InChI is InChI=1S/C10H14N2O2/c11-7-10(3-1-4-10)9(14)12-5-2-8(13)6-12/h8,13H,1-6H2/t8-/m0/s1. The highest BCUT2D eigenvalue weighted by Gasteiger charge is 2.47. The van der Waals surface area contributed by atoms with E-state index < -0.39 is 11.5 Å². The molecule has 14 heavy (non-hydrogen) atoms. The smallest absolute Gasteiger partial charge is 0.243 e. The van der Waals surface area contributed by atoms with Crippen molar-refractivity contribution in [2.75, 3.05) is 13.1 Å². The van der Waals surface area contributed by atoms with Crippen molar-refractivity contribution in [1.82, 2.24) is 4.90 Å². The Bertz CT molecular complexity index is 291. The summed E-state index contributed by atoms with van der Waals surface area (Å²) in [5.74, 6) is -0.0669.